The molecule has 3 N–H and O–H groups in total. The molecule has 0 saturated heterocycles. The molecule has 3 amide bonds. The largest absolute Gasteiger partial charge is 0.445 e. The summed E-state index contributed by atoms with van der Waals surface area (Å²) < 4.78 is 10.6. The molecule has 0 aromatic heterocycles. The van der Waals surface area contributed by atoms with Crippen molar-refractivity contribution in [3.63, 3.8) is 0 Å². The van der Waals surface area contributed by atoms with Gasteiger partial charge in [-0.2, -0.15) is 0 Å². The third kappa shape index (κ3) is 12.2. The van der Waals surface area contributed by atoms with Crippen molar-refractivity contribution < 1.29 is 23.9 Å². The number of unbranched alkanes of at least 4 members (excludes halogenated alkanes) is 1. The minimum absolute atomic E-state index is 0.128. The topological polar surface area (TPSA) is 106 Å². The Hall–Kier alpha value is -3.55. The van der Waals surface area contributed by atoms with Crippen LogP contribution in [0.25, 0.3) is 0 Å². The minimum Gasteiger partial charge on any atom is -0.445 e. The summed E-state index contributed by atoms with van der Waals surface area (Å²) in [6.45, 7) is 7.94. The van der Waals surface area contributed by atoms with Crippen molar-refractivity contribution in [3.8, 4) is 0 Å². The Labute approximate surface area is 214 Å². The summed E-state index contributed by atoms with van der Waals surface area (Å²) in [5.74, 6) is -0.157. The van der Waals surface area contributed by atoms with Crippen molar-refractivity contribution in [2.24, 2.45) is 0 Å². The number of hydrogen-bond acceptors (Lipinski definition) is 5. The van der Waals surface area contributed by atoms with E-state index in [9.17, 15) is 14.4 Å². The zero-order chi connectivity index (χ0) is 26.4. The number of alkyl carbamates (subject to hydrolysis) is 2. The first-order valence-electron chi connectivity index (χ1n) is 12.4. The Balaban J connectivity index is 1.78. The van der Waals surface area contributed by atoms with Crippen molar-refractivity contribution in [1.29, 1.82) is 0 Å². The molecule has 0 aliphatic carbocycles. The minimum atomic E-state index is -0.636. The van der Waals surface area contributed by atoms with Gasteiger partial charge in [0, 0.05) is 19.0 Å². The van der Waals surface area contributed by atoms with Gasteiger partial charge in [-0.05, 0) is 58.1 Å². The third-order valence-corrected chi connectivity index (χ3v) is 5.29. The molecule has 2 aromatic rings. The SMILES string of the molecule is C[C@@H](NC(=O)C[C@@H](CCCCNC(=O)OCc1ccccc1)NC(=O)OC(C)(C)C)c1ccccc1. The fourth-order valence-corrected chi connectivity index (χ4v) is 3.53. The quantitative estimate of drug-likeness (QED) is 0.348. The van der Waals surface area contributed by atoms with Gasteiger partial charge >= 0.3 is 12.2 Å². The van der Waals surface area contributed by atoms with E-state index in [4.69, 9.17) is 9.47 Å². The Morgan fingerprint density at radius 2 is 1.50 bits per heavy atom. The highest BCUT2D eigenvalue weighted by atomic mass is 16.6. The van der Waals surface area contributed by atoms with Gasteiger partial charge in [0.1, 0.15) is 12.2 Å². The van der Waals surface area contributed by atoms with Crippen LogP contribution in [0.3, 0.4) is 0 Å². The zero-order valence-electron chi connectivity index (χ0n) is 21.7. The first-order valence-corrected chi connectivity index (χ1v) is 12.4. The lowest BCUT2D eigenvalue weighted by atomic mass is 10.0. The van der Waals surface area contributed by atoms with Gasteiger partial charge in [-0.15, -0.1) is 0 Å². The third-order valence-electron chi connectivity index (χ3n) is 5.29. The number of hydrogen-bond donors (Lipinski definition) is 3. The molecule has 0 saturated carbocycles. The Morgan fingerprint density at radius 3 is 2.14 bits per heavy atom. The van der Waals surface area contributed by atoms with Crippen molar-refractivity contribution in [2.75, 3.05) is 6.54 Å². The second kappa shape index (κ2) is 14.8. The van der Waals surface area contributed by atoms with E-state index in [1.807, 2.05) is 67.6 Å². The van der Waals surface area contributed by atoms with Gasteiger partial charge in [-0.3, -0.25) is 4.79 Å². The molecule has 8 nitrogen and oxygen atoms in total. The van der Waals surface area contributed by atoms with Gasteiger partial charge in [-0.25, -0.2) is 9.59 Å². The molecule has 0 bridgehead atoms. The van der Waals surface area contributed by atoms with Crippen molar-refractivity contribution in [1.82, 2.24) is 16.0 Å². The fraction of sp³-hybridized carbons (Fsp3) is 0.464. The summed E-state index contributed by atoms with van der Waals surface area (Å²) in [4.78, 5) is 36.9. The molecule has 36 heavy (non-hydrogen) atoms. The van der Waals surface area contributed by atoms with Gasteiger partial charge in [0.25, 0.3) is 0 Å². The molecule has 0 fully saturated rings. The van der Waals surface area contributed by atoms with Gasteiger partial charge in [0.2, 0.25) is 5.91 Å². The van der Waals surface area contributed by atoms with Crippen LogP contribution >= 0.6 is 0 Å². The number of benzene rings is 2. The van der Waals surface area contributed by atoms with E-state index in [1.165, 1.54) is 0 Å². The van der Waals surface area contributed by atoms with E-state index in [-0.39, 0.29) is 25.0 Å². The Morgan fingerprint density at radius 1 is 0.861 bits per heavy atom. The second-order valence-electron chi connectivity index (χ2n) is 9.73. The van der Waals surface area contributed by atoms with E-state index in [0.717, 1.165) is 11.1 Å². The lowest BCUT2D eigenvalue weighted by Crippen LogP contribution is -2.42. The molecule has 0 aliphatic rings. The fourth-order valence-electron chi connectivity index (χ4n) is 3.53. The maximum Gasteiger partial charge on any atom is 0.407 e. The number of rotatable bonds is 12. The summed E-state index contributed by atoms with van der Waals surface area (Å²) in [5, 5.41) is 8.54. The molecule has 0 spiro atoms. The monoisotopic (exact) mass is 497 g/mol. The Kier molecular flexibility index (Phi) is 11.8. The number of ether oxygens (including phenoxy) is 2. The summed E-state index contributed by atoms with van der Waals surface area (Å²) in [6.07, 6.45) is 1.03. The molecular weight excluding hydrogens is 458 g/mol. The lowest BCUT2D eigenvalue weighted by Gasteiger charge is -2.24. The highest BCUT2D eigenvalue weighted by Crippen LogP contribution is 2.13. The average Bonchev–Trinajstić information content (AvgIpc) is 2.82. The molecule has 2 rings (SSSR count). The van der Waals surface area contributed by atoms with E-state index in [0.29, 0.717) is 25.8 Å². The smallest absolute Gasteiger partial charge is 0.407 e. The van der Waals surface area contributed by atoms with Gasteiger partial charge in [0.05, 0.1) is 6.04 Å². The van der Waals surface area contributed by atoms with E-state index >= 15 is 0 Å². The van der Waals surface area contributed by atoms with Crippen molar-refractivity contribution in [3.05, 3.63) is 71.8 Å². The van der Waals surface area contributed by atoms with Crippen LogP contribution in [0, 0.1) is 0 Å². The van der Waals surface area contributed by atoms with Crippen LogP contribution in [0.1, 0.15) is 70.5 Å². The van der Waals surface area contributed by atoms with Crippen LogP contribution in [0.2, 0.25) is 0 Å². The lowest BCUT2D eigenvalue weighted by molar-refractivity contribution is -0.122. The summed E-state index contributed by atoms with van der Waals surface area (Å²) >= 11 is 0. The van der Waals surface area contributed by atoms with Crippen molar-refractivity contribution in [2.45, 2.75) is 77.7 Å². The summed E-state index contributed by atoms with van der Waals surface area (Å²) in [6, 6.07) is 18.6. The van der Waals surface area contributed by atoms with E-state index in [1.54, 1.807) is 20.8 Å². The number of carbonyl (C=O) groups is 3. The number of nitrogens with one attached hydrogen (secondary N) is 3. The number of amides is 3. The van der Waals surface area contributed by atoms with Crippen molar-refractivity contribution >= 4 is 18.1 Å². The molecule has 2 atom stereocenters. The summed E-state index contributed by atoms with van der Waals surface area (Å²) in [7, 11) is 0. The van der Waals surface area contributed by atoms with Gasteiger partial charge in [0.15, 0.2) is 0 Å². The van der Waals surface area contributed by atoms with Crippen LogP contribution in [0.4, 0.5) is 9.59 Å². The maximum absolute atomic E-state index is 12.7. The van der Waals surface area contributed by atoms with Crippen LogP contribution in [0.5, 0.6) is 0 Å². The van der Waals surface area contributed by atoms with Crippen LogP contribution < -0.4 is 16.0 Å². The van der Waals surface area contributed by atoms with Crippen LogP contribution in [-0.4, -0.2) is 36.3 Å². The second-order valence-corrected chi connectivity index (χ2v) is 9.73. The zero-order valence-corrected chi connectivity index (χ0v) is 21.7. The highest BCUT2D eigenvalue weighted by Gasteiger charge is 2.22. The maximum atomic E-state index is 12.7. The number of carbonyl (C=O) groups excluding carboxylic acids is 3. The van der Waals surface area contributed by atoms with Crippen LogP contribution in [-0.2, 0) is 20.9 Å². The van der Waals surface area contributed by atoms with Gasteiger partial charge < -0.3 is 25.4 Å². The molecule has 196 valence electrons. The average molecular weight is 498 g/mol. The predicted molar refractivity (Wildman–Crippen MR) is 139 cm³/mol. The Bertz CT molecular complexity index is 945. The molecule has 0 radical (unpaired) electrons. The molecule has 2 aromatic carbocycles. The summed E-state index contributed by atoms with van der Waals surface area (Å²) in [5.41, 5.74) is 1.29. The van der Waals surface area contributed by atoms with Gasteiger partial charge in [-0.1, -0.05) is 60.7 Å². The molecule has 0 unspecified atom stereocenters. The predicted octanol–water partition coefficient (Wildman–Crippen LogP) is 5.24. The van der Waals surface area contributed by atoms with E-state index in [2.05, 4.69) is 16.0 Å². The molecule has 0 aliphatic heterocycles. The first-order chi connectivity index (χ1) is 17.1. The molecular formula is C28H39N3O5. The molecule has 0 heterocycles. The highest BCUT2D eigenvalue weighted by molar-refractivity contribution is 5.78. The van der Waals surface area contributed by atoms with E-state index < -0.39 is 23.8 Å². The first kappa shape index (κ1) is 28.7. The normalized spacial score (nSPS) is 12.7. The molecule has 8 heteroatoms. The standard InChI is InChI=1S/C28H39N3O5/c1-21(23-15-9-6-10-16-23)30-25(32)19-24(31-27(34)36-28(2,3)4)17-11-12-18-29-26(33)35-20-22-13-7-5-8-14-22/h5-10,13-16,21,24H,11-12,17-20H2,1-4H3,(H,29,33)(H,30,32)(H,31,34)/t21-,24-/m1/s1. The van der Waals surface area contributed by atoms with Crippen LogP contribution in [0.15, 0.2) is 60.7 Å².